The Morgan fingerprint density at radius 3 is 2.77 bits per heavy atom. The lowest BCUT2D eigenvalue weighted by molar-refractivity contribution is -0.137. The van der Waals surface area contributed by atoms with Gasteiger partial charge in [0.1, 0.15) is 22.9 Å². The molecule has 3 unspecified atom stereocenters. The number of fused-ring (bicyclic) bond motifs is 4. The zero-order chi connectivity index (χ0) is 31.1. The topological polar surface area (TPSA) is 128 Å². The molecule has 13 heteroatoms. The number of aryl methyl sites for hydroxylation is 2. The highest BCUT2D eigenvalue weighted by atomic mass is 32.2. The largest absolute Gasteiger partial charge is 0.481 e. The van der Waals surface area contributed by atoms with Crippen LogP contribution in [0.5, 0.6) is 0 Å². The monoisotopic (exact) mass is 619 g/mol. The molecule has 3 atom stereocenters. The van der Waals surface area contributed by atoms with Gasteiger partial charge in [-0.25, -0.2) is 22.3 Å². The van der Waals surface area contributed by atoms with Crippen LogP contribution >= 0.6 is 0 Å². The Morgan fingerprint density at radius 1 is 1.20 bits per heavy atom. The van der Waals surface area contributed by atoms with E-state index in [1.165, 1.54) is 16.8 Å². The van der Waals surface area contributed by atoms with Crippen molar-refractivity contribution in [1.82, 2.24) is 23.9 Å². The molecule has 5 heterocycles. The Hall–Kier alpha value is -4.28. The second kappa shape index (κ2) is 12.0. The molecule has 0 bridgehead atoms. The van der Waals surface area contributed by atoms with Gasteiger partial charge in [-0.3, -0.25) is 9.20 Å². The number of aliphatic carboxylic acids is 1. The second-order valence-electron chi connectivity index (χ2n) is 11.4. The number of piperidine rings is 1. The van der Waals surface area contributed by atoms with Crippen LogP contribution in [-0.2, 0) is 22.3 Å². The summed E-state index contributed by atoms with van der Waals surface area (Å²) in [6.45, 7) is 5.38. The minimum atomic E-state index is -2.80. The minimum absolute atomic E-state index is 0.119. The number of aromatic nitrogens is 4. The molecule has 0 saturated carbocycles. The summed E-state index contributed by atoms with van der Waals surface area (Å²) in [4.78, 5) is 19.4. The maximum absolute atomic E-state index is 14.1. The number of anilines is 1. The van der Waals surface area contributed by atoms with E-state index in [-0.39, 0.29) is 18.1 Å². The Kier molecular flexibility index (Phi) is 8.13. The van der Waals surface area contributed by atoms with Gasteiger partial charge in [-0.1, -0.05) is 18.2 Å². The molecule has 44 heavy (non-hydrogen) atoms. The first-order valence-corrected chi connectivity index (χ1v) is 15.5. The first kappa shape index (κ1) is 29.8. The number of benzene rings is 1. The molecule has 6 rings (SSSR count). The van der Waals surface area contributed by atoms with Crippen LogP contribution < -0.4 is 4.90 Å². The van der Waals surface area contributed by atoms with Gasteiger partial charge in [-0.05, 0) is 73.1 Å². The number of nitriles is 1. The standard InChI is InChI=1S/C31H31F2N7O3S/c1-18-6-7-21(25(13-27(41)42)24-8-10-40-29(19(24)2)36-37-31(40)28(32)33)12-22(18)16-38-17-23-5-3-4-9-39(23)30-26(44(38)43)11-20(14-34)15-35-30/h6-8,10-12,15,23,25,28H,3-5,9,13,16-17H2,1-2H3,(H,41,42). The number of carboxylic acids is 1. The lowest BCUT2D eigenvalue weighted by Crippen LogP contribution is -2.45. The van der Waals surface area contributed by atoms with Crippen molar-refractivity contribution in [2.75, 3.05) is 18.0 Å². The van der Waals surface area contributed by atoms with Crippen LogP contribution in [0.4, 0.5) is 14.6 Å². The number of hydrogen-bond donors (Lipinski definition) is 1. The van der Waals surface area contributed by atoms with E-state index in [0.29, 0.717) is 40.5 Å². The van der Waals surface area contributed by atoms with Gasteiger partial charge in [-0.15, -0.1) is 10.2 Å². The zero-order valence-corrected chi connectivity index (χ0v) is 25.1. The predicted molar refractivity (Wildman–Crippen MR) is 159 cm³/mol. The molecule has 1 N–H and O–H groups in total. The highest BCUT2D eigenvalue weighted by Gasteiger charge is 2.35. The maximum Gasteiger partial charge on any atom is 0.304 e. The maximum atomic E-state index is 14.1. The lowest BCUT2D eigenvalue weighted by Gasteiger charge is -2.36. The van der Waals surface area contributed by atoms with E-state index < -0.39 is 35.1 Å². The summed E-state index contributed by atoms with van der Waals surface area (Å²) in [7, 11) is -1.59. The summed E-state index contributed by atoms with van der Waals surface area (Å²) in [6.07, 6.45) is 2.97. The highest BCUT2D eigenvalue weighted by Crippen LogP contribution is 2.37. The molecular weight excluding hydrogens is 588 g/mol. The van der Waals surface area contributed by atoms with Crippen LogP contribution in [0, 0.1) is 25.2 Å². The van der Waals surface area contributed by atoms with Gasteiger partial charge in [0.25, 0.3) is 6.43 Å². The van der Waals surface area contributed by atoms with Crippen LogP contribution in [0.25, 0.3) is 5.65 Å². The third kappa shape index (κ3) is 5.44. The summed E-state index contributed by atoms with van der Waals surface area (Å²) in [6, 6.07) is 11.3. The molecule has 1 fully saturated rings. The van der Waals surface area contributed by atoms with Crippen molar-refractivity contribution < 1.29 is 22.9 Å². The fourth-order valence-electron chi connectivity index (χ4n) is 6.37. The van der Waals surface area contributed by atoms with E-state index in [9.17, 15) is 28.2 Å². The van der Waals surface area contributed by atoms with Crippen molar-refractivity contribution in [3.63, 3.8) is 0 Å². The van der Waals surface area contributed by atoms with E-state index in [0.717, 1.165) is 42.5 Å². The molecule has 0 radical (unpaired) electrons. The summed E-state index contributed by atoms with van der Waals surface area (Å²) in [5, 5.41) is 27.0. The average molecular weight is 620 g/mol. The molecule has 228 valence electrons. The van der Waals surface area contributed by atoms with Crippen molar-refractivity contribution in [3.8, 4) is 6.07 Å². The Bertz CT molecular complexity index is 1820. The minimum Gasteiger partial charge on any atom is -0.481 e. The SMILES string of the molecule is Cc1ccc(C(CC(=O)O)c2ccn3c(C(F)F)nnc3c2C)cc1CN1CC2CCCCN2c2ncc(C#N)cc2S1=O. The Labute approximate surface area is 255 Å². The first-order chi connectivity index (χ1) is 21.2. The average Bonchev–Trinajstić information content (AvgIpc) is 3.42. The molecule has 1 saturated heterocycles. The summed E-state index contributed by atoms with van der Waals surface area (Å²) < 4.78 is 44.1. The molecule has 0 spiro atoms. The Balaban J connectivity index is 1.38. The number of carboxylic acid groups (broad SMARTS) is 1. The van der Waals surface area contributed by atoms with E-state index in [1.807, 2.05) is 29.4 Å². The van der Waals surface area contributed by atoms with Crippen molar-refractivity contribution in [1.29, 1.82) is 5.26 Å². The number of pyridine rings is 2. The van der Waals surface area contributed by atoms with Gasteiger partial charge >= 0.3 is 5.97 Å². The normalized spacial score (nSPS) is 19.3. The number of rotatable bonds is 7. The molecule has 0 aliphatic carbocycles. The number of carbonyl (C=O) groups is 1. The zero-order valence-electron chi connectivity index (χ0n) is 24.3. The smallest absolute Gasteiger partial charge is 0.304 e. The molecule has 10 nitrogen and oxygen atoms in total. The summed E-state index contributed by atoms with van der Waals surface area (Å²) in [5.74, 6) is -1.40. The van der Waals surface area contributed by atoms with E-state index in [1.54, 1.807) is 19.1 Å². The number of halogens is 2. The fraction of sp³-hybridized carbons (Fsp3) is 0.387. The van der Waals surface area contributed by atoms with Gasteiger partial charge in [0.2, 0.25) is 5.82 Å². The van der Waals surface area contributed by atoms with Crippen LogP contribution in [-0.4, -0.2) is 58.3 Å². The van der Waals surface area contributed by atoms with Gasteiger partial charge < -0.3 is 10.0 Å². The third-order valence-electron chi connectivity index (χ3n) is 8.66. The molecular formula is C31H31F2N7O3S. The van der Waals surface area contributed by atoms with Crippen LogP contribution in [0.15, 0.2) is 47.6 Å². The Morgan fingerprint density at radius 2 is 2.02 bits per heavy atom. The van der Waals surface area contributed by atoms with Crippen LogP contribution in [0.3, 0.4) is 0 Å². The first-order valence-electron chi connectivity index (χ1n) is 14.4. The van der Waals surface area contributed by atoms with Gasteiger partial charge in [0.05, 0.1) is 16.9 Å². The van der Waals surface area contributed by atoms with Crippen molar-refractivity contribution in [2.45, 2.75) is 69.4 Å². The summed E-state index contributed by atoms with van der Waals surface area (Å²) in [5.41, 5.74) is 4.42. The molecule has 2 aliphatic heterocycles. The quantitative estimate of drug-likeness (QED) is 0.304. The molecule has 1 aromatic carbocycles. The fourth-order valence-corrected chi connectivity index (χ4v) is 7.76. The number of alkyl halides is 2. The van der Waals surface area contributed by atoms with E-state index in [4.69, 9.17) is 0 Å². The molecule has 0 amide bonds. The summed E-state index contributed by atoms with van der Waals surface area (Å²) >= 11 is 0. The lowest BCUT2D eigenvalue weighted by atomic mass is 9.85. The molecule has 2 aliphatic rings. The predicted octanol–water partition coefficient (Wildman–Crippen LogP) is 5.05. The van der Waals surface area contributed by atoms with Crippen LogP contribution in [0.1, 0.15) is 77.2 Å². The third-order valence-corrected chi connectivity index (χ3v) is 10.1. The molecule has 4 aromatic rings. The van der Waals surface area contributed by atoms with Crippen molar-refractivity contribution in [2.24, 2.45) is 0 Å². The van der Waals surface area contributed by atoms with Crippen LogP contribution in [0.2, 0.25) is 0 Å². The van der Waals surface area contributed by atoms with E-state index >= 15 is 0 Å². The number of nitrogens with zero attached hydrogens (tertiary/aromatic N) is 7. The second-order valence-corrected chi connectivity index (χ2v) is 12.8. The van der Waals surface area contributed by atoms with Gasteiger partial charge in [0.15, 0.2) is 5.65 Å². The molecule has 3 aromatic heterocycles. The number of hydrogen-bond acceptors (Lipinski definition) is 7. The van der Waals surface area contributed by atoms with Crippen molar-refractivity contribution in [3.05, 3.63) is 81.9 Å². The van der Waals surface area contributed by atoms with Gasteiger partial charge in [0, 0.05) is 44.0 Å². The van der Waals surface area contributed by atoms with E-state index in [2.05, 4.69) is 26.2 Å². The van der Waals surface area contributed by atoms with Gasteiger partial charge in [-0.2, -0.15) is 5.26 Å². The highest BCUT2D eigenvalue weighted by molar-refractivity contribution is 7.82. The van der Waals surface area contributed by atoms with Crippen molar-refractivity contribution >= 4 is 28.4 Å².